The molecule has 6 heterocycles. The van der Waals surface area contributed by atoms with E-state index in [1.165, 1.54) is 0 Å². The summed E-state index contributed by atoms with van der Waals surface area (Å²) in [4.78, 5) is 24.9. The van der Waals surface area contributed by atoms with E-state index in [0.717, 1.165) is 78.4 Å². The van der Waals surface area contributed by atoms with E-state index in [0.29, 0.717) is 50.9 Å². The van der Waals surface area contributed by atoms with Gasteiger partial charge in [0.25, 0.3) is 0 Å². The molecule has 0 saturated carbocycles. The molecule has 0 radical (unpaired) electrons. The number of aromatic nitrogens is 6. The Morgan fingerprint density at radius 3 is 1.25 bits per heavy atom. The van der Waals surface area contributed by atoms with Crippen LogP contribution in [0.25, 0.3) is 83.5 Å². The molecule has 6 aromatic heterocycles. The molecular formula is C63H58N8O10. The van der Waals surface area contributed by atoms with Gasteiger partial charge >= 0.3 is 12.1 Å². The van der Waals surface area contributed by atoms with Crippen molar-refractivity contribution in [2.45, 2.75) is 67.9 Å². The molecule has 0 bridgehead atoms. The number of amides is 1. The minimum Gasteiger partial charge on any atom is -0.508 e. The van der Waals surface area contributed by atoms with Gasteiger partial charge in [0, 0.05) is 33.2 Å². The lowest BCUT2D eigenvalue weighted by Gasteiger charge is -2.20. The molecule has 12 rings (SSSR count). The topological polar surface area (TPSA) is 255 Å². The van der Waals surface area contributed by atoms with Crippen LogP contribution in [0, 0.1) is 41.5 Å². The fourth-order valence-electron chi connectivity index (χ4n) is 10.3. The van der Waals surface area contributed by atoms with E-state index in [-0.39, 0.29) is 22.8 Å². The van der Waals surface area contributed by atoms with E-state index in [4.69, 9.17) is 24.0 Å². The second-order valence-corrected chi connectivity index (χ2v) is 20.3. The number of hydrogen-bond acceptors (Lipinski definition) is 13. The Labute approximate surface area is 464 Å². The largest absolute Gasteiger partial charge is 0.508 e. The SMILES string of the molecule is Cc1noc(C)c1-c1c(C(=O)O)c2ccccc2n1-c1ccc(O)cc1.Cc1noc(C)c1-c1c(N)c2ccccc2n1-c1ccc(O)cc1.Cc1noc(C)c1-c1c(NC(=O)OC(C)(C)C)c2ccccc2n1-c1ccc(O)cc1. The van der Waals surface area contributed by atoms with Crippen LogP contribution in [-0.2, 0) is 4.74 Å². The molecule has 6 aromatic carbocycles. The number of nitrogens with two attached hydrogens (primary N) is 1. The maximum Gasteiger partial charge on any atom is 0.412 e. The average molecular weight is 1090 g/mol. The van der Waals surface area contributed by atoms with Gasteiger partial charge in [-0.05, 0) is 153 Å². The Kier molecular flexibility index (Phi) is 14.2. The zero-order chi connectivity index (χ0) is 57.6. The number of nitrogens with zero attached hydrogens (tertiary/aromatic N) is 6. The number of fused-ring (bicyclic) bond motifs is 3. The van der Waals surface area contributed by atoms with Gasteiger partial charge < -0.3 is 58.2 Å². The highest BCUT2D eigenvalue weighted by Crippen LogP contribution is 2.45. The van der Waals surface area contributed by atoms with Crippen LogP contribution < -0.4 is 11.1 Å². The van der Waals surface area contributed by atoms with Crippen molar-refractivity contribution in [1.29, 1.82) is 0 Å². The molecule has 81 heavy (non-hydrogen) atoms. The van der Waals surface area contributed by atoms with Crippen LogP contribution in [0.4, 0.5) is 16.2 Å². The number of phenolic OH excluding ortho intramolecular Hbond substituents is 3. The van der Waals surface area contributed by atoms with Crippen molar-refractivity contribution in [2.24, 2.45) is 0 Å². The Morgan fingerprint density at radius 2 is 0.840 bits per heavy atom. The number of carbonyl (C=O) groups excluding carboxylic acids is 1. The monoisotopic (exact) mass is 1090 g/mol. The van der Waals surface area contributed by atoms with Gasteiger partial charge in [0.15, 0.2) is 0 Å². The first kappa shape index (κ1) is 53.9. The number of aromatic carboxylic acids is 1. The van der Waals surface area contributed by atoms with Crippen molar-refractivity contribution >= 4 is 56.1 Å². The number of aromatic hydroxyl groups is 3. The molecule has 7 N–H and O–H groups in total. The second-order valence-electron chi connectivity index (χ2n) is 20.3. The number of benzene rings is 6. The van der Waals surface area contributed by atoms with Crippen molar-refractivity contribution in [2.75, 3.05) is 11.1 Å². The number of carbonyl (C=O) groups is 2. The number of carboxylic acids is 1. The molecule has 1 amide bonds. The highest BCUT2D eigenvalue weighted by Gasteiger charge is 2.30. The molecule has 12 aromatic rings. The highest BCUT2D eigenvalue weighted by molar-refractivity contribution is 6.11. The van der Waals surface area contributed by atoms with Gasteiger partial charge in [-0.2, -0.15) is 0 Å². The van der Waals surface area contributed by atoms with Crippen LogP contribution >= 0.6 is 0 Å². The Balaban J connectivity index is 0.000000138. The van der Waals surface area contributed by atoms with Gasteiger partial charge in [-0.1, -0.05) is 70.1 Å². The summed E-state index contributed by atoms with van der Waals surface area (Å²) in [6.45, 7) is 16.5. The van der Waals surface area contributed by atoms with E-state index in [1.54, 1.807) is 68.4 Å². The van der Waals surface area contributed by atoms with Gasteiger partial charge in [0.1, 0.15) is 40.1 Å². The minimum absolute atomic E-state index is 0.141. The molecule has 0 spiro atoms. The summed E-state index contributed by atoms with van der Waals surface area (Å²) in [5.74, 6) is 1.42. The molecule has 18 heteroatoms. The molecule has 0 aliphatic rings. The Morgan fingerprint density at radius 1 is 0.494 bits per heavy atom. The molecule has 0 saturated heterocycles. The summed E-state index contributed by atoms with van der Waals surface area (Å²) in [6.07, 6.45) is -0.547. The van der Waals surface area contributed by atoms with Crippen LogP contribution in [0.3, 0.4) is 0 Å². The fourth-order valence-corrected chi connectivity index (χ4v) is 10.3. The number of anilines is 2. The molecule has 0 fully saturated rings. The van der Waals surface area contributed by atoms with Gasteiger partial charge in [-0.15, -0.1) is 0 Å². The van der Waals surface area contributed by atoms with Crippen LogP contribution in [0.1, 0.15) is 65.5 Å². The number of hydrogen-bond donors (Lipinski definition) is 6. The smallest absolute Gasteiger partial charge is 0.412 e. The van der Waals surface area contributed by atoms with Crippen LogP contribution in [0.2, 0.25) is 0 Å². The standard InChI is InChI=1S/C24H25N3O4.C20H16N2O4.C19H17N3O2/c1-14-20(15(2)31-26-14)22-21(25-23(29)30-24(3,4)5)18-8-6-7-9-19(18)27(22)16-10-12-17(28)13-11-16;1-11-17(12(2)26-21-11)19-18(20(24)25)15-5-3-4-6-16(15)22(19)13-7-9-14(23)10-8-13;1-11-17(12(2)24-21-11)19-18(20)15-5-3-4-6-16(15)22(19)13-7-9-14(23)10-8-13/h6-13,28H,1-5H3,(H,25,29);3-10,23H,1-2H3,(H,24,25);3-10,23H,20H2,1-2H3. The Hall–Kier alpha value is -10.5. The number of para-hydroxylation sites is 3. The van der Waals surface area contributed by atoms with E-state index < -0.39 is 17.7 Å². The molecule has 18 nitrogen and oxygen atoms in total. The normalized spacial score (nSPS) is 11.4. The number of ether oxygens (including phenoxy) is 1. The van der Waals surface area contributed by atoms with Gasteiger partial charge in [-0.3, -0.25) is 5.32 Å². The first-order valence-corrected chi connectivity index (χ1v) is 25.8. The summed E-state index contributed by atoms with van der Waals surface area (Å²) in [6, 6.07) is 43.7. The summed E-state index contributed by atoms with van der Waals surface area (Å²) < 4.78 is 27.6. The second kappa shape index (κ2) is 21.4. The van der Waals surface area contributed by atoms with Crippen LogP contribution in [0.15, 0.2) is 159 Å². The van der Waals surface area contributed by atoms with E-state index >= 15 is 0 Å². The molecule has 0 atom stereocenters. The summed E-state index contributed by atoms with van der Waals surface area (Å²) in [5, 5.41) is 56.5. The molecular weight excluding hydrogens is 1030 g/mol. The highest BCUT2D eigenvalue weighted by atomic mass is 16.6. The number of rotatable bonds is 8. The van der Waals surface area contributed by atoms with E-state index in [2.05, 4.69) is 25.4 Å². The number of phenols is 3. The fraction of sp³-hybridized carbons (Fsp3) is 0.159. The predicted octanol–water partition coefficient (Wildman–Crippen LogP) is 14.5. The quantitative estimate of drug-likeness (QED) is 0.0828. The average Bonchev–Trinajstić information content (AvgIpc) is 4.38. The number of carboxylic acid groups (broad SMARTS) is 1. The summed E-state index contributed by atoms with van der Waals surface area (Å²) in [7, 11) is 0. The van der Waals surface area contributed by atoms with Crippen molar-refractivity contribution in [3.63, 3.8) is 0 Å². The lowest BCUT2D eigenvalue weighted by molar-refractivity contribution is 0.0634. The number of aryl methyl sites for hydroxylation is 6. The predicted molar refractivity (Wildman–Crippen MR) is 311 cm³/mol. The maximum atomic E-state index is 12.7. The van der Waals surface area contributed by atoms with Crippen LogP contribution in [-0.4, -0.2) is 67.3 Å². The molecule has 0 unspecified atom stereocenters. The first-order valence-electron chi connectivity index (χ1n) is 25.8. The number of nitrogens with one attached hydrogen (secondary N) is 1. The zero-order valence-electron chi connectivity index (χ0n) is 45.9. The lowest BCUT2D eigenvalue weighted by Crippen LogP contribution is -2.27. The van der Waals surface area contributed by atoms with Gasteiger partial charge in [-0.25, -0.2) is 9.59 Å². The zero-order valence-corrected chi connectivity index (χ0v) is 45.9. The summed E-state index contributed by atoms with van der Waals surface area (Å²) in [5.41, 5.74) is 19.0. The third kappa shape index (κ3) is 10.2. The molecule has 410 valence electrons. The first-order chi connectivity index (χ1) is 38.7. The third-order valence-corrected chi connectivity index (χ3v) is 13.6. The number of nitrogen functional groups attached to an aromatic ring is 1. The summed E-state index contributed by atoms with van der Waals surface area (Å²) >= 11 is 0. The third-order valence-electron chi connectivity index (χ3n) is 13.6. The molecule has 0 aliphatic carbocycles. The van der Waals surface area contributed by atoms with Crippen LogP contribution in [0.5, 0.6) is 17.2 Å². The van der Waals surface area contributed by atoms with E-state index in [9.17, 15) is 30.0 Å². The minimum atomic E-state index is -1.02. The van der Waals surface area contributed by atoms with Crippen molar-refractivity contribution in [3.8, 4) is 68.1 Å². The van der Waals surface area contributed by atoms with Gasteiger partial charge in [0.05, 0.1) is 84.3 Å². The Bertz CT molecular complexity index is 4260. The van der Waals surface area contributed by atoms with Crippen molar-refractivity contribution in [1.82, 2.24) is 29.2 Å². The van der Waals surface area contributed by atoms with Crippen molar-refractivity contribution < 1.29 is 48.3 Å². The maximum absolute atomic E-state index is 12.7. The van der Waals surface area contributed by atoms with E-state index in [1.807, 2.05) is 149 Å². The van der Waals surface area contributed by atoms with Gasteiger partial charge in [0.2, 0.25) is 0 Å². The molecule has 0 aliphatic heterocycles. The lowest BCUT2D eigenvalue weighted by atomic mass is 10.0. The van der Waals surface area contributed by atoms with Crippen molar-refractivity contribution in [3.05, 3.63) is 186 Å².